The molecular formula is C26H29ClF4N4O2S. The Hall–Kier alpha value is -2.37. The maximum atomic E-state index is 14.7. The first-order valence-electron chi connectivity index (χ1n) is 12.1. The second-order valence-electron chi connectivity index (χ2n) is 10.00. The van der Waals surface area contributed by atoms with Gasteiger partial charge in [-0.25, -0.2) is 4.39 Å². The summed E-state index contributed by atoms with van der Waals surface area (Å²) in [5, 5.41) is 5.03. The van der Waals surface area contributed by atoms with Crippen molar-refractivity contribution >= 4 is 35.2 Å². The number of carbonyl (C=O) groups excluding carboxylic acids is 2. The number of alkyl halides is 3. The van der Waals surface area contributed by atoms with Gasteiger partial charge in [0.05, 0.1) is 20.9 Å². The number of benzene rings is 1. The molecule has 3 atom stereocenters. The summed E-state index contributed by atoms with van der Waals surface area (Å²) in [6, 6.07) is 6.07. The Morgan fingerprint density at radius 3 is 2.42 bits per heavy atom. The molecule has 38 heavy (non-hydrogen) atoms. The molecule has 6 nitrogen and oxygen atoms in total. The zero-order valence-electron chi connectivity index (χ0n) is 21.2. The number of pyridine rings is 1. The van der Waals surface area contributed by atoms with Gasteiger partial charge in [-0.2, -0.15) is 13.2 Å². The van der Waals surface area contributed by atoms with Crippen molar-refractivity contribution in [3.63, 3.8) is 0 Å². The summed E-state index contributed by atoms with van der Waals surface area (Å²) in [4.78, 5) is 30.1. The van der Waals surface area contributed by atoms with Gasteiger partial charge in [0, 0.05) is 43.6 Å². The van der Waals surface area contributed by atoms with E-state index in [2.05, 4.69) is 15.6 Å². The summed E-state index contributed by atoms with van der Waals surface area (Å²) in [5.41, 5.74) is -1.07. The third-order valence-electron chi connectivity index (χ3n) is 7.65. The molecule has 4 rings (SSSR count). The van der Waals surface area contributed by atoms with Gasteiger partial charge in [0.15, 0.2) is 5.82 Å². The molecule has 0 bridgehead atoms. The molecule has 1 aliphatic heterocycles. The summed E-state index contributed by atoms with van der Waals surface area (Å²) in [6.07, 6.45) is -1.45. The van der Waals surface area contributed by atoms with Crippen LogP contribution < -0.4 is 10.6 Å². The third kappa shape index (κ3) is 5.37. The number of thioether (sulfide) groups is 1. The van der Waals surface area contributed by atoms with Gasteiger partial charge in [0.25, 0.3) is 5.91 Å². The smallest absolute Gasteiger partial charge is 0.355 e. The van der Waals surface area contributed by atoms with Crippen LogP contribution in [0.5, 0.6) is 0 Å². The molecule has 2 heterocycles. The normalized spacial score (nSPS) is 22.6. The fraction of sp³-hybridized carbons (Fsp3) is 0.500. The monoisotopic (exact) mass is 572 g/mol. The molecule has 0 radical (unpaired) electrons. The fourth-order valence-corrected chi connectivity index (χ4v) is 6.73. The van der Waals surface area contributed by atoms with E-state index in [1.165, 1.54) is 37.6 Å². The number of aromatic nitrogens is 1. The van der Waals surface area contributed by atoms with E-state index in [9.17, 15) is 27.2 Å². The van der Waals surface area contributed by atoms with E-state index >= 15 is 0 Å². The summed E-state index contributed by atoms with van der Waals surface area (Å²) in [5.74, 6) is -2.83. The van der Waals surface area contributed by atoms with Crippen molar-refractivity contribution in [1.82, 2.24) is 20.5 Å². The highest BCUT2D eigenvalue weighted by Crippen LogP contribution is 2.66. The zero-order valence-corrected chi connectivity index (χ0v) is 22.7. The first-order valence-corrected chi connectivity index (χ1v) is 13.4. The number of carbonyl (C=O) groups is 2. The molecule has 2 amide bonds. The number of halogens is 5. The van der Waals surface area contributed by atoms with Crippen LogP contribution in [0.1, 0.15) is 46.7 Å². The van der Waals surface area contributed by atoms with Crippen molar-refractivity contribution in [2.24, 2.45) is 5.41 Å². The van der Waals surface area contributed by atoms with Crippen molar-refractivity contribution in [2.45, 2.75) is 47.9 Å². The summed E-state index contributed by atoms with van der Waals surface area (Å²) < 4.78 is 56.6. The molecule has 2 aliphatic rings. The van der Waals surface area contributed by atoms with Crippen LogP contribution in [-0.4, -0.2) is 65.7 Å². The minimum absolute atomic E-state index is 0.00758. The average Bonchev–Trinajstić information content (AvgIpc) is 3.79. The number of nitrogens with zero attached hydrogens (tertiary/aromatic N) is 2. The lowest BCUT2D eigenvalue weighted by molar-refractivity contribution is -0.194. The second-order valence-corrected chi connectivity index (χ2v) is 11.9. The minimum atomic E-state index is -4.41. The molecule has 2 aromatic rings. The van der Waals surface area contributed by atoms with Gasteiger partial charge in [-0.05, 0) is 62.7 Å². The highest BCUT2D eigenvalue weighted by atomic mass is 35.5. The van der Waals surface area contributed by atoms with Gasteiger partial charge < -0.3 is 10.6 Å². The maximum Gasteiger partial charge on any atom is 0.395 e. The quantitative estimate of drug-likeness (QED) is 0.317. The molecule has 12 heteroatoms. The Balaban J connectivity index is 1.44. The minimum Gasteiger partial charge on any atom is -0.355 e. The van der Waals surface area contributed by atoms with Crippen LogP contribution in [-0.2, 0) is 11.2 Å². The van der Waals surface area contributed by atoms with E-state index in [0.29, 0.717) is 17.5 Å². The summed E-state index contributed by atoms with van der Waals surface area (Å²) in [6.45, 7) is 0.201. The van der Waals surface area contributed by atoms with Crippen LogP contribution in [0.15, 0.2) is 36.7 Å². The van der Waals surface area contributed by atoms with Gasteiger partial charge in [0.2, 0.25) is 5.91 Å². The summed E-state index contributed by atoms with van der Waals surface area (Å²) in [7, 11) is 5.09. The van der Waals surface area contributed by atoms with E-state index in [4.69, 9.17) is 11.6 Å². The molecule has 206 valence electrons. The molecule has 1 saturated carbocycles. The van der Waals surface area contributed by atoms with Gasteiger partial charge in [-0.3, -0.25) is 19.5 Å². The molecule has 1 aliphatic carbocycles. The number of hydrogen-bond donors (Lipinski definition) is 2. The lowest BCUT2D eigenvalue weighted by Gasteiger charge is -2.30. The fourth-order valence-electron chi connectivity index (χ4n) is 5.05. The van der Waals surface area contributed by atoms with E-state index in [-0.39, 0.29) is 41.6 Å². The molecule has 1 saturated heterocycles. The van der Waals surface area contributed by atoms with Crippen LogP contribution >= 0.6 is 23.4 Å². The van der Waals surface area contributed by atoms with E-state index < -0.39 is 40.0 Å². The Kier molecular flexibility index (Phi) is 8.03. The number of likely N-dealkylation sites (N-methyl/N-ethyl adjacent to an activating group) is 1. The Morgan fingerprint density at radius 1 is 1.21 bits per heavy atom. The van der Waals surface area contributed by atoms with Crippen molar-refractivity contribution in [3.8, 4) is 0 Å². The molecule has 1 aromatic heterocycles. The summed E-state index contributed by atoms with van der Waals surface area (Å²) >= 11 is 7.79. The average molecular weight is 573 g/mol. The first kappa shape index (κ1) is 28.6. The Bertz CT molecular complexity index is 1210. The topological polar surface area (TPSA) is 74.3 Å². The Morgan fingerprint density at radius 2 is 1.87 bits per heavy atom. The second kappa shape index (κ2) is 10.7. The number of amides is 2. The highest BCUT2D eigenvalue weighted by Gasteiger charge is 2.67. The molecule has 1 unspecified atom stereocenters. The van der Waals surface area contributed by atoms with Crippen LogP contribution in [0.2, 0.25) is 5.02 Å². The number of rotatable bonds is 10. The standard InChI is InChI=1S/C26H29ClF4N4O2S/c1-32-23(37)17-5-4-16(21(27)22(17)28)12-19-25(38-19,35(2)3)14-34-20(36)13-18(15-6-10-33-11-7-15)24(8-9-24)26(29,30)31/h4-7,10-11,18-19H,8-9,12-14H2,1-3H3,(H,32,37)(H,34,36)/t18-,19?,25-/m1/s1. The van der Waals surface area contributed by atoms with Crippen molar-refractivity contribution < 1.29 is 27.2 Å². The van der Waals surface area contributed by atoms with Gasteiger partial charge in [-0.15, -0.1) is 11.8 Å². The van der Waals surface area contributed by atoms with Crippen molar-refractivity contribution in [3.05, 3.63) is 64.2 Å². The predicted molar refractivity (Wildman–Crippen MR) is 139 cm³/mol. The predicted octanol–water partition coefficient (Wildman–Crippen LogP) is 4.78. The molecule has 0 spiro atoms. The number of hydrogen-bond acceptors (Lipinski definition) is 5. The first-order chi connectivity index (χ1) is 17.9. The van der Waals surface area contributed by atoms with Crippen LogP contribution in [0.3, 0.4) is 0 Å². The number of nitrogens with one attached hydrogen (secondary N) is 2. The van der Waals surface area contributed by atoms with Gasteiger partial charge in [-0.1, -0.05) is 17.7 Å². The van der Waals surface area contributed by atoms with E-state index in [1.807, 2.05) is 19.0 Å². The van der Waals surface area contributed by atoms with Gasteiger partial charge >= 0.3 is 6.18 Å². The lowest BCUT2D eigenvalue weighted by atomic mass is 9.80. The zero-order chi connectivity index (χ0) is 27.9. The van der Waals surface area contributed by atoms with Gasteiger partial charge in [0.1, 0.15) is 0 Å². The van der Waals surface area contributed by atoms with E-state index in [0.717, 1.165) is 0 Å². The molecule has 2 N–H and O–H groups in total. The largest absolute Gasteiger partial charge is 0.395 e. The van der Waals surface area contributed by atoms with Crippen LogP contribution in [0.4, 0.5) is 17.6 Å². The van der Waals surface area contributed by atoms with Crippen molar-refractivity contribution in [2.75, 3.05) is 27.7 Å². The Labute approximate surface area is 227 Å². The maximum absolute atomic E-state index is 14.7. The SMILES string of the molecule is CNC(=O)c1ccc(CC2S[C@@]2(CNC(=O)C[C@H](c2ccncc2)C2(C(F)(F)F)CC2)N(C)C)c(Cl)c1F. The van der Waals surface area contributed by atoms with E-state index in [1.54, 1.807) is 17.8 Å². The van der Waals surface area contributed by atoms with Crippen LogP contribution in [0, 0.1) is 11.2 Å². The molecule has 2 fully saturated rings. The molecular weight excluding hydrogens is 544 g/mol. The molecule has 1 aromatic carbocycles. The lowest BCUT2D eigenvalue weighted by Crippen LogP contribution is -2.45. The third-order valence-corrected chi connectivity index (χ3v) is 9.84. The van der Waals surface area contributed by atoms with Crippen LogP contribution in [0.25, 0.3) is 0 Å². The highest BCUT2D eigenvalue weighted by molar-refractivity contribution is 8.08. The van der Waals surface area contributed by atoms with Crippen molar-refractivity contribution in [1.29, 1.82) is 0 Å².